The molecule has 0 spiro atoms. The lowest BCUT2D eigenvalue weighted by Gasteiger charge is -2.33. The summed E-state index contributed by atoms with van der Waals surface area (Å²) in [7, 11) is 0. The van der Waals surface area contributed by atoms with Gasteiger partial charge in [0, 0.05) is 44.0 Å². The average molecular weight is 670 g/mol. The highest BCUT2D eigenvalue weighted by atomic mass is 32.2. The molecule has 44 heavy (non-hydrogen) atoms. The molecule has 10 N–H and O–H groups in total. The molecule has 0 aliphatic heterocycles. The van der Waals surface area contributed by atoms with Crippen LogP contribution in [0.3, 0.4) is 0 Å². The third kappa shape index (κ3) is 13.9. The Hall–Kier alpha value is -1.38. The second kappa shape index (κ2) is 20.7. The van der Waals surface area contributed by atoms with Gasteiger partial charge in [-0.2, -0.15) is 0 Å². The SMILES string of the molecule is CC(=O)SCc1cc(OCCN(C[C@H](O)[C@@H](O)[C@H](O)[C@H](O)CO)C[C@H](O)[C@@H](O)[C@H](O)[C@H](O)CO)ccc1CSC(=O)C(C)C. The van der Waals surface area contributed by atoms with Gasteiger partial charge in [0.15, 0.2) is 10.2 Å². The van der Waals surface area contributed by atoms with Gasteiger partial charge in [-0.15, -0.1) is 0 Å². The fourth-order valence-corrected chi connectivity index (χ4v) is 5.42. The van der Waals surface area contributed by atoms with Gasteiger partial charge in [-0.05, 0) is 23.3 Å². The van der Waals surface area contributed by atoms with E-state index in [-0.39, 0.29) is 29.3 Å². The highest BCUT2D eigenvalue weighted by Gasteiger charge is 2.34. The maximum atomic E-state index is 12.1. The fraction of sp³-hybridized carbons (Fsp3) is 0.714. The molecule has 16 heteroatoms. The van der Waals surface area contributed by atoms with Crippen molar-refractivity contribution in [3.63, 3.8) is 0 Å². The molecule has 1 aromatic carbocycles. The molecule has 0 amide bonds. The Morgan fingerprint density at radius 1 is 0.750 bits per heavy atom. The summed E-state index contributed by atoms with van der Waals surface area (Å²) in [5.41, 5.74) is 1.64. The topological polar surface area (TPSA) is 249 Å². The summed E-state index contributed by atoms with van der Waals surface area (Å²) in [4.78, 5) is 25.0. The van der Waals surface area contributed by atoms with Crippen molar-refractivity contribution in [3.05, 3.63) is 29.3 Å². The molecule has 0 heterocycles. The first-order valence-corrected chi connectivity index (χ1v) is 16.0. The molecule has 1 rings (SSSR count). The van der Waals surface area contributed by atoms with Gasteiger partial charge in [-0.3, -0.25) is 14.5 Å². The van der Waals surface area contributed by atoms with Crippen LogP contribution in [0.15, 0.2) is 18.2 Å². The minimum atomic E-state index is -1.90. The van der Waals surface area contributed by atoms with Gasteiger partial charge in [0.05, 0.1) is 25.4 Å². The molecule has 0 radical (unpaired) electrons. The minimum absolute atomic E-state index is 0.0342. The van der Waals surface area contributed by atoms with E-state index in [0.717, 1.165) is 22.9 Å². The van der Waals surface area contributed by atoms with Crippen molar-refractivity contribution in [2.24, 2.45) is 5.92 Å². The van der Waals surface area contributed by atoms with Gasteiger partial charge in [0.1, 0.15) is 49.0 Å². The molecule has 0 bridgehead atoms. The summed E-state index contributed by atoms with van der Waals surface area (Å²) in [6.07, 6.45) is -14.5. The molecule has 254 valence electrons. The normalized spacial score (nSPS) is 17.5. The number of benzene rings is 1. The quantitative estimate of drug-likeness (QED) is 0.0646. The predicted molar refractivity (Wildman–Crippen MR) is 164 cm³/mol. The minimum Gasteiger partial charge on any atom is -0.492 e. The van der Waals surface area contributed by atoms with Crippen molar-refractivity contribution in [2.45, 2.75) is 81.1 Å². The van der Waals surface area contributed by atoms with E-state index >= 15 is 0 Å². The van der Waals surface area contributed by atoms with E-state index < -0.39 is 75.1 Å². The smallest absolute Gasteiger partial charge is 0.191 e. The Kier molecular flexibility index (Phi) is 19.1. The highest BCUT2D eigenvalue weighted by Crippen LogP contribution is 2.27. The van der Waals surface area contributed by atoms with Crippen molar-refractivity contribution < 1.29 is 65.4 Å². The van der Waals surface area contributed by atoms with Gasteiger partial charge in [-0.25, -0.2) is 0 Å². The Bertz CT molecular complexity index is 974. The summed E-state index contributed by atoms with van der Waals surface area (Å²) in [6, 6.07) is 5.19. The molecular weight excluding hydrogens is 622 g/mol. The van der Waals surface area contributed by atoms with Crippen molar-refractivity contribution in [1.29, 1.82) is 0 Å². The lowest BCUT2D eigenvalue weighted by atomic mass is 10.0. The molecule has 14 nitrogen and oxygen atoms in total. The summed E-state index contributed by atoms with van der Waals surface area (Å²) >= 11 is 2.28. The maximum absolute atomic E-state index is 12.1. The van der Waals surface area contributed by atoms with Crippen LogP contribution in [0, 0.1) is 5.92 Å². The van der Waals surface area contributed by atoms with E-state index in [2.05, 4.69) is 0 Å². The number of carbonyl (C=O) groups is 2. The standard InChI is InChI=1S/C28H47NO13S2/c1-15(2)28(41)44-13-17-4-5-19(8-18(17)14-43-16(3)32)42-7-6-29(9-20(33)24(37)26(39)22(35)11-30)10-21(34)25(38)27(40)23(36)12-31/h4-5,8,15,20-27,30-31,33-40H,6-7,9-14H2,1-3H3/t20-,21-,22+,23+,24+,25+,26+,27+/m0/s1. The number of nitrogens with zero attached hydrogens (tertiary/aromatic N) is 1. The first kappa shape index (κ1) is 40.6. The number of thioether (sulfide) groups is 2. The molecule has 0 aliphatic rings. The van der Waals surface area contributed by atoms with E-state index in [1.54, 1.807) is 18.2 Å². The molecule has 0 fully saturated rings. The van der Waals surface area contributed by atoms with Crippen molar-refractivity contribution in [2.75, 3.05) is 39.5 Å². The van der Waals surface area contributed by atoms with Crippen LogP contribution < -0.4 is 4.74 Å². The molecule has 8 atom stereocenters. The van der Waals surface area contributed by atoms with E-state index in [1.807, 2.05) is 13.8 Å². The van der Waals surface area contributed by atoms with Crippen molar-refractivity contribution in [3.8, 4) is 5.75 Å². The second-order valence-corrected chi connectivity index (χ2v) is 12.8. The highest BCUT2D eigenvalue weighted by molar-refractivity contribution is 8.13. The summed E-state index contributed by atoms with van der Waals surface area (Å²) in [5.74, 6) is 1.04. The number of rotatable bonds is 21. The Balaban J connectivity index is 3.06. The van der Waals surface area contributed by atoms with Crippen LogP contribution in [0.5, 0.6) is 5.75 Å². The number of aliphatic hydroxyl groups excluding tert-OH is 10. The fourth-order valence-electron chi connectivity index (χ4n) is 3.88. The molecule has 1 aromatic rings. The molecule has 0 aliphatic carbocycles. The maximum Gasteiger partial charge on any atom is 0.191 e. The molecule has 0 aromatic heterocycles. The number of ether oxygens (including phenoxy) is 1. The lowest BCUT2D eigenvalue weighted by molar-refractivity contribution is -0.130. The first-order chi connectivity index (χ1) is 20.6. The van der Waals surface area contributed by atoms with E-state index in [9.17, 15) is 50.4 Å². The zero-order valence-corrected chi connectivity index (χ0v) is 26.7. The summed E-state index contributed by atoms with van der Waals surface area (Å²) in [5, 5.41) is 98.6. The van der Waals surface area contributed by atoms with Crippen LogP contribution in [-0.2, 0) is 21.1 Å². The van der Waals surface area contributed by atoms with Gasteiger partial charge < -0.3 is 55.8 Å². The van der Waals surface area contributed by atoms with Gasteiger partial charge in [-0.1, -0.05) is 43.4 Å². The van der Waals surface area contributed by atoms with E-state index in [4.69, 9.17) is 14.9 Å². The van der Waals surface area contributed by atoms with Gasteiger partial charge in [0.25, 0.3) is 0 Å². The van der Waals surface area contributed by atoms with Crippen LogP contribution in [-0.4, -0.2) is 154 Å². The number of hydrogen-bond donors (Lipinski definition) is 10. The summed E-state index contributed by atoms with van der Waals surface area (Å²) in [6.45, 7) is 2.35. The zero-order chi connectivity index (χ0) is 33.6. The Morgan fingerprint density at radius 3 is 1.68 bits per heavy atom. The van der Waals surface area contributed by atoms with Crippen molar-refractivity contribution >= 4 is 33.8 Å². The number of carbonyl (C=O) groups excluding carboxylic acids is 2. The Labute approximate surface area is 265 Å². The van der Waals surface area contributed by atoms with Crippen LogP contribution >= 0.6 is 23.5 Å². The third-order valence-electron chi connectivity index (χ3n) is 6.67. The zero-order valence-electron chi connectivity index (χ0n) is 25.0. The Morgan fingerprint density at radius 2 is 1.23 bits per heavy atom. The summed E-state index contributed by atoms with van der Waals surface area (Å²) < 4.78 is 5.85. The third-order valence-corrected chi connectivity index (χ3v) is 8.74. The molecular formula is C28H47NO13S2. The lowest BCUT2D eigenvalue weighted by Crippen LogP contribution is -2.53. The predicted octanol–water partition coefficient (Wildman–Crippen LogP) is -2.57. The number of aliphatic hydroxyl groups is 10. The van der Waals surface area contributed by atoms with E-state index in [0.29, 0.717) is 17.3 Å². The monoisotopic (exact) mass is 669 g/mol. The van der Waals surface area contributed by atoms with Gasteiger partial charge >= 0.3 is 0 Å². The van der Waals surface area contributed by atoms with Gasteiger partial charge in [0.2, 0.25) is 0 Å². The van der Waals surface area contributed by atoms with Crippen LogP contribution in [0.1, 0.15) is 31.9 Å². The first-order valence-electron chi connectivity index (χ1n) is 14.1. The number of hydrogen-bond acceptors (Lipinski definition) is 16. The van der Waals surface area contributed by atoms with Crippen LogP contribution in [0.25, 0.3) is 0 Å². The van der Waals surface area contributed by atoms with E-state index in [1.165, 1.54) is 23.6 Å². The molecule has 0 saturated heterocycles. The largest absolute Gasteiger partial charge is 0.492 e. The van der Waals surface area contributed by atoms with Crippen LogP contribution in [0.4, 0.5) is 0 Å². The molecule has 0 saturated carbocycles. The second-order valence-electron chi connectivity index (χ2n) is 10.7. The van der Waals surface area contributed by atoms with Crippen LogP contribution in [0.2, 0.25) is 0 Å². The average Bonchev–Trinajstić information content (AvgIpc) is 3.00. The molecule has 0 unspecified atom stereocenters. The van der Waals surface area contributed by atoms with Crippen molar-refractivity contribution in [1.82, 2.24) is 4.90 Å².